The zero-order chi connectivity index (χ0) is 22.7. The second-order valence-electron chi connectivity index (χ2n) is 7.87. The quantitative estimate of drug-likeness (QED) is 0.643. The molecule has 0 saturated carbocycles. The summed E-state index contributed by atoms with van der Waals surface area (Å²) in [5.74, 6) is 2.51. The first-order valence-corrected chi connectivity index (χ1v) is 10.5. The molecule has 32 heavy (non-hydrogen) atoms. The first-order chi connectivity index (χ1) is 15.4. The molecule has 4 rings (SSSR count). The van der Waals surface area contributed by atoms with Crippen LogP contribution in [0.4, 0.5) is 32.3 Å². The van der Waals surface area contributed by atoms with Gasteiger partial charge in [0.25, 0.3) is 0 Å². The predicted molar refractivity (Wildman–Crippen MR) is 123 cm³/mol. The summed E-state index contributed by atoms with van der Waals surface area (Å²) in [6.45, 7) is 7.88. The fraction of sp³-hybridized carbons (Fsp3) is 0.304. The molecule has 1 aliphatic heterocycles. The van der Waals surface area contributed by atoms with Crippen LogP contribution in [0.5, 0.6) is 0 Å². The molecular weight excluding hydrogens is 409 g/mol. The Morgan fingerprint density at radius 2 is 1.75 bits per heavy atom. The minimum atomic E-state index is -0.336. The zero-order valence-corrected chi connectivity index (χ0v) is 18.4. The molecule has 0 radical (unpaired) electrons. The SMILES string of the molecule is Cc1ccnc(Nc2cc(N3CCN(C(=O)Nc4ccc(C)c(F)c4)CC3)nc(C)n2)c1. The van der Waals surface area contributed by atoms with E-state index in [1.165, 1.54) is 6.07 Å². The number of piperazine rings is 1. The number of nitrogens with one attached hydrogen (secondary N) is 2. The first-order valence-electron chi connectivity index (χ1n) is 10.5. The van der Waals surface area contributed by atoms with Gasteiger partial charge in [-0.2, -0.15) is 0 Å². The Bertz CT molecular complexity index is 1130. The molecule has 3 heterocycles. The second-order valence-corrected chi connectivity index (χ2v) is 7.87. The standard InChI is InChI=1S/C23H26FN7O/c1-15-6-7-25-20(12-15)29-21-14-22(27-17(3)26-21)30-8-10-31(11-9-30)23(32)28-18-5-4-16(2)19(24)13-18/h4-7,12-14H,8-11H2,1-3H3,(H,28,32)(H,25,26,27,29). The minimum absolute atomic E-state index is 0.236. The average Bonchev–Trinajstić information content (AvgIpc) is 2.76. The van der Waals surface area contributed by atoms with Crippen molar-refractivity contribution in [2.24, 2.45) is 0 Å². The number of amides is 2. The van der Waals surface area contributed by atoms with Crippen molar-refractivity contribution in [2.75, 3.05) is 41.7 Å². The third-order valence-electron chi connectivity index (χ3n) is 5.31. The van der Waals surface area contributed by atoms with Crippen LogP contribution in [0.15, 0.2) is 42.6 Å². The van der Waals surface area contributed by atoms with Crippen LogP contribution in [-0.4, -0.2) is 52.1 Å². The lowest BCUT2D eigenvalue weighted by atomic mass is 10.2. The number of hydrogen-bond acceptors (Lipinski definition) is 6. The molecule has 0 aliphatic carbocycles. The van der Waals surface area contributed by atoms with Crippen molar-refractivity contribution in [3.63, 3.8) is 0 Å². The molecule has 2 amide bonds. The Morgan fingerprint density at radius 3 is 2.47 bits per heavy atom. The summed E-state index contributed by atoms with van der Waals surface area (Å²) in [4.78, 5) is 29.8. The normalized spacial score (nSPS) is 13.8. The fourth-order valence-corrected chi connectivity index (χ4v) is 3.53. The lowest BCUT2D eigenvalue weighted by Gasteiger charge is -2.35. The maximum Gasteiger partial charge on any atom is 0.321 e. The van der Waals surface area contributed by atoms with E-state index in [1.54, 1.807) is 30.2 Å². The number of halogens is 1. The van der Waals surface area contributed by atoms with E-state index in [2.05, 4.69) is 30.5 Å². The van der Waals surface area contributed by atoms with Gasteiger partial charge in [0, 0.05) is 44.1 Å². The van der Waals surface area contributed by atoms with E-state index in [9.17, 15) is 9.18 Å². The summed E-state index contributed by atoms with van der Waals surface area (Å²) in [5.41, 5.74) is 2.10. The van der Waals surface area contributed by atoms with E-state index in [4.69, 9.17) is 0 Å². The minimum Gasteiger partial charge on any atom is -0.353 e. The Morgan fingerprint density at radius 1 is 0.969 bits per heavy atom. The number of pyridine rings is 1. The van der Waals surface area contributed by atoms with E-state index >= 15 is 0 Å². The van der Waals surface area contributed by atoms with Gasteiger partial charge in [-0.15, -0.1) is 0 Å². The highest BCUT2D eigenvalue weighted by molar-refractivity contribution is 5.89. The smallest absolute Gasteiger partial charge is 0.321 e. The molecule has 0 atom stereocenters. The van der Waals surface area contributed by atoms with Crippen LogP contribution in [0.3, 0.4) is 0 Å². The maximum absolute atomic E-state index is 13.7. The van der Waals surface area contributed by atoms with Crippen LogP contribution in [0.25, 0.3) is 0 Å². The molecule has 166 valence electrons. The molecule has 1 saturated heterocycles. The van der Waals surface area contributed by atoms with Crippen molar-refractivity contribution in [3.05, 3.63) is 65.4 Å². The van der Waals surface area contributed by atoms with Gasteiger partial charge in [-0.1, -0.05) is 6.07 Å². The van der Waals surface area contributed by atoms with Gasteiger partial charge in [0.1, 0.15) is 29.1 Å². The number of hydrogen-bond donors (Lipinski definition) is 2. The van der Waals surface area contributed by atoms with Crippen LogP contribution in [0, 0.1) is 26.6 Å². The van der Waals surface area contributed by atoms with Crippen molar-refractivity contribution in [1.29, 1.82) is 0 Å². The van der Waals surface area contributed by atoms with Crippen molar-refractivity contribution in [1.82, 2.24) is 19.9 Å². The van der Waals surface area contributed by atoms with E-state index in [0.717, 1.165) is 17.2 Å². The average molecular weight is 436 g/mol. The molecule has 0 bridgehead atoms. The summed E-state index contributed by atoms with van der Waals surface area (Å²) >= 11 is 0. The predicted octanol–water partition coefficient (Wildman–Crippen LogP) is 4.03. The number of anilines is 4. The molecule has 2 aromatic heterocycles. The zero-order valence-electron chi connectivity index (χ0n) is 18.4. The summed E-state index contributed by atoms with van der Waals surface area (Å²) < 4.78 is 13.7. The largest absolute Gasteiger partial charge is 0.353 e. The number of nitrogens with zero attached hydrogens (tertiary/aromatic N) is 5. The van der Waals surface area contributed by atoms with Crippen LogP contribution in [0.2, 0.25) is 0 Å². The molecule has 1 aliphatic rings. The summed E-state index contributed by atoms with van der Waals surface area (Å²) in [6, 6.07) is 10.2. The van der Waals surface area contributed by atoms with Crippen LogP contribution in [-0.2, 0) is 0 Å². The van der Waals surface area contributed by atoms with E-state index in [0.29, 0.717) is 49.1 Å². The van der Waals surface area contributed by atoms with Gasteiger partial charge >= 0.3 is 6.03 Å². The molecule has 0 unspecified atom stereocenters. The molecule has 9 heteroatoms. The van der Waals surface area contributed by atoms with Crippen LogP contribution in [0.1, 0.15) is 17.0 Å². The van der Waals surface area contributed by atoms with Crippen LogP contribution < -0.4 is 15.5 Å². The van der Waals surface area contributed by atoms with Crippen molar-refractivity contribution < 1.29 is 9.18 Å². The van der Waals surface area contributed by atoms with Crippen molar-refractivity contribution in [2.45, 2.75) is 20.8 Å². The third-order valence-corrected chi connectivity index (χ3v) is 5.31. The lowest BCUT2D eigenvalue weighted by molar-refractivity contribution is 0.208. The summed E-state index contributed by atoms with van der Waals surface area (Å²) in [5, 5.41) is 6.00. The molecule has 1 fully saturated rings. The molecule has 2 N–H and O–H groups in total. The summed E-state index contributed by atoms with van der Waals surface area (Å²) in [6.07, 6.45) is 1.75. The van der Waals surface area contributed by atoms with Gasteiger partial charge in [-0.05, 0) is 56.2 Å². The third kappa shape index (κ3) is 5.11. The number of rotatable bonds is 4. The Kier molecular flexibility index (Phi) is 6.16. The number of aromatic nitrogens is 3. The molecule has 1 aromatic carbocycles. The number of aryl methyl sites for hydroxylation is 3. The monoisotopic (exact) mass is 435 g/mol. The van der Waals surface area contributed by atoms with E-state index in [1.807, 2.05) is 32.0 Å². The fourth-order valence-electron chi connectivity index (χ4n) is 3.53. The highest BCUT2D eigenvalue weighted by Crippen LogP contribution is 2.21. The number of carbonyl (C=O) groups excluding carboxylic acids is 1. The number of benzene rings is 1. The number of urea groups is 1. The van der Waals surface area contributed by atoms with Gasteiger partial charge in [0.2, 0.25) is 0 Å². The van der Waals surface area contributed by atoms with Gasteiger partial charge in [0.15, 0.2) is 0 Å². The van der Waals surface area contributed by atoms with Gasteiger partial charge in [-0.3, -0.25) is 0 Å². The Balaban J connectivity index is 1.38. The first kappa shape index (κ1) is 21.5. The van der Waals surface area contributed by atoms with E-state index in [-0.39, 0.29) is 11.8 Å². The van der Waals surface area contributed by atoms with Crippen LogP contribution >= 0.6 is 0 Å². The van der Waals surface area contributed by atoms with Gasteiger partial charge in [-0.25, -0.2) is 24.1 Å². The maximum atomic E-state index is 13.7. The Labute approximate surface area is 186 Å². The molecule has 3 aromatic rings. The molecule has 0 spiro atoms. The Hall–Kier alpha value is -3.75. The molecule has 8 nitrogen and oxygen atoms in total. The topological polar surface area (TPSA) is 86.3 Å². The summed E-state index contributed by atoms with van der Waals surface area (Å²) in [7, 11) is 0. The van der Waals surface area contributed by atoms with Gasteiger partial charge in [0.05, 0.1) is 0 Å². The lowest BCUT2D eigenvalue weighted by Crippen LogP contribution is -2.50. The highest BCUT2D eigenvalue weighted by atomic mass is 19.1. The highest BCUT2D eigenvalue weighted by Gasteiger charge is 2.23. The second kappa shape index (κ2) is 9.17. The van der Waals surface area contributed by atoms with Crippen molar-refractivity contribution >= 4 is 29.2 Å². The van der Waals surface area contributed by atoms with Crippen molar-refractivity contribution in [3.8, 4) is 0 Å². The van der Waals surface area contributed by atoms with Gasteiger partial charge < -0.3 is 20.4 Å². The number of carbonyl (C=O) groups is 1. The molecular formula is C23H26FN7O. The van der Waals surface area contributed by atoms with E-state index < -0.39 is 0 Å².